The number of hydrogen-bond donors (Lipinski definition) is 1. The van der Waals surface area contributed by atoms with Gasteiger partial charge in [0.1, 0.15) is 0 Å². The van der Waals surface area contributed by atoms with Crippen molar-refractivity contribution in [2.75, 3.05) is 5.73 Å². The molecule has 3 heterocycles. The molecule has 0 saturated carbocycles. The van der Waals surface area contributed by atoms with Gasteiger partial charge >= 0.3 is 0 Å². The smallest absolute Gasteiger partial charge is 0.226 e. The second kappa shape index (κ2) is 4.27. The fourth-order valence-electron chi connectivity index (χ4n) is 1.93. The molecular weight excluding hydrogens is 249 g/mol. The van der Waals surface area contributed by atoms with E-state index in [0.717, 1.165) is 16.8 Å². The molecule has 2 N–H and O–H groups in total. The van der Waals surface area contributed by atoms with Crippen LogP contribution >= 0.6 is 0 Å². The third kappa shape index (κ3) is 1.99. The van der Waals surface area contributed by atoms with Gasteiger partial charge in [-0.2, -0.15) is 4.39 Å². The molecule has 0 radical (unpaired) electrons. The molecule has 7 heteroatoms. The van der Waals surface area contributed by atoms with E-state index in [4.69, 9.17) is 5.73 Å². The number of anilines is 1. The molecule has 0 saturated heterocycles. The summed E-state index contributed by atoms with van der Waals surface area (Å²) in [5.74, 6) is -0.511. The molecule has 0 bridgehead atoms. The van der Waals surface area contributed by atoms with Crippen molar-refractivity contribution in [1.29, 1.82) is 0 Å². The third-order valence-corrected chi connectivity index (χ3v) is 2.93. The van der Waals surface area contributed by atoms with Gasteiger partial charge in [0.05, 0.1) is 5.69 Å². The van der Waals surface area contributed by atoms with E-state index in [1.54, 1.807) is 6.07 Å². The van der Waals surface area contributed by atoms with E-state index in [2.05, 4.69) is 24.9 Å². The van der Waals surface area contributed by atoms with Gasteiger partial charge in [0, 0.05) is 23.9 Å². The normalized spacial score (nSPS) is 11.1. The Morgan fingerprint density at radius 2 is 2.16 bits per heavy atom. The number of aryl methyl sites for hydroxylation is 1. The molecule has 3 rings (SSSR count). The van der Waals surface area contributed by atoms with E-state index in [0.29, 0.717) is 23.3 Å². The standard InChI is InChI=1S/C12H10FN5O/c1-6-8(4-7-2-3-9(13)15-5-7)10(14)11-12(16-6)18-19-17-11/h2-3,5H,4,14H2,1H3. The van der Waals surface area contributed by atoms with Crippen molar-refractivity contribution in [2.24, 2.45) is 0 Å². The van der Waals surface area contributed by atoms with Crippen molar-refractivity contribution >= 4 is 16.9 Å². The van der Waals surface area contributed by atoms with Crippen LogP contribution < -0.4 is 5.73 Å². The monoisotopic (exact) mass is 259 g/mol. The number of pyridine rings is 2. The van der Waals surface area contributed by atoms with Gasteiger partial charge in [0.2, 0.25) is 11.6 Å². The lowest BCUT2D eigenvalue weighted by Crippen LogP contribution is -2.03. The molecule has 19 heavy (non-hydrogen) atoms. The number of fused-ring (bicyclic) bond motifs is 1. The van der Waals surface area contributed by atoms with Gasteiger partial charge < -0.3 is 5.73 Å². The number of hydrogen-bond acceptors (Lipinski definition) is 6. The van der Waals surface area contributed by atoms with E-state index in [1.807, 2.05) is 6.92 Å². The Hall–Kier alpha value is -2.57. The molecule has 0 aromatic carbocycles. The van der Waals surface area contributed by atoms with Crippen LogP contribution in [0.15, 0.2) is 23.0 Å². The van der Waals surface area contributed by atoms with Gasteiger partial charge in [-0.15, -0.1) is 0 Å². The molecule has 0 fully saturated rings. The molecule has 0 aliphatic heterocycles. The van der Waals surface area contributed by atoms with Gasteiger partial charge in [-0.3, -0.25) is 0 Å². The van der Waals surface area contributed by atoms with Gasteiger partial charge in [-0.05, 0) is 28.9 Å². The number of nitrogens with zero attached hydrogens (tertiary/aromatic N) is 4. The average Bonchev–Trinajstić information content (AvgIpc) is 2.85. The quantitative estimate of drug-likeness (QED) is 0.703. The lowest BCUT2D eigenvalue weighted by molar-refractivity contribution is 0.315. The predicted octanol–water partition coefficient (Wildman–Crippen LogP) is 1.63. The van der Waals surface area contributed by atoms with Crippen LogP contribution in [0.25, 0.3) is 11.2 Å². The number of aromatic nitrogens is 4. The molecule has 0 atom stereocenters. The van der Waals surface area contributed by atoms with Crippen LogP contribution in [0.4, 0.5) is 10.1 Å². The first-order chi connectivity index (χ1) is 9.15. The fourth-order valence-corrected chi connectivity index (χ4v) is 1.93. The van der Waals surface area contributed by atoms with Gasteiger partial charge in [0.15, 0.2) is 5.52 Å². The zero-order valence-corrected chi connectivity index (χ0v) is 10.1. The Kier molecular flexibility index (Phi) is 2.59. The first kappa shape index (κ1) is 11.5. The van der Waals surface area contributed by atoms with Crippen LogP contribution in [0, 0.1) is 12.9 Å². The topological polar surface area (TPSA) is 90.7 Å². The number of nitrogens with two attached hydrogens (primary N) is 1. The first-order valence-electron chi connectivity index (χ1n) is 5.63. The summed E-state index contributed by atoms with van der Waals surface area (Å²) >= 11 is 0. The first-order valence-corrected chi connectivity index (χ1v) is 5.63. The number of halogens is 1. The second-order valence-electron chi connectivity index (χ2n) is 4.19. The summed E-state index contributed by atoms with van der Waals surface area (Å²) in [6.45, 7) is 1.83. The Labute approximate surface area is 107 Å². The van der Waals surface area contributed by atoms with Crippen LogP contribution in [0.1, 0.15) is 16.8 Å². The van der Waals surface area contributed by atoms with E-state index in [9.17, 15) is 4.39 Å². The largest absolute Gasteiger partial charge is 0.396 e. The molecule has 0 spiro atoms. The van der Waals surface area contributed by atoms with Crippen molar-refractivity contribution in [2.45, 2.75) is 13.3 Å². The zero-order valence-electron chi connectivity index (χ0n) is 10.1. The van der Waals surface area contributed by atoms with E-state index in [-0.39, 0.29) is 0 Å². The van der Waals surface area contributed by atoms with Crippen LogP contribution in [0.2, 0.25) is 0 Å². The summed E-state index contributed by atoms with van der Waals surface area (Å²) < 4.78 is 17.4. The SMILES string of the molecule is Cc1nc2nonc2c(N)c1Cc1ccc(F)nc1. The summed E-state index contributed by atoms with van der Waals surface area (Å²) in [5, 5.41) is 7.39. The van der Waals surface area contributed by atoms with Gasteiger partial charge in [-0.25, -0.2) is 14.6 Å². The maximum atomic E-state index is 12.8. The molecule has 0 aliphatic rings. The summed E-state index contributed by atoms with van der Waals surface area (Å²) in [6, 6.07) is 2.97. The average molecular weight is 259 g/mol. The Morgan fingerprint density at radius 1 is 1.32 bits per heavy atom. The molecule has 0 aliphatic carbocycles. The Morgan fingerprint density at radius 3 is 2.89 bits per heavy atom. The van der Waals surface area contributed by atoms with Crippen LogP contribution in [-0.4, -0.2) is 20.3 Å². The predicted molar refractivity (Wildman–Crippen MR) is 65.7 cm³/mol. The van der Waals surface area contributed by atoms with Crippen molar-refractivity contribution < 1.29 is 9.02 Å². The van der Waals surface area contributed by atoms with E-state index >= 15 is 0 Å². The highest BCUT2D eigenvalue weighted by molar-refractivity contribution is 5.85. The molecule has 0 amide bonds. The summed E-state index contributed by atoms with van der Waals surface area (Å²) in [7, 11) is 0. The third-order valence-electron chi connectivity index (χ3n) is 2.93. The minimum Gasteiger partial charge on any atom is -0.396 e. The fraction of sp³-hybridized carbons (Fsp3) is 0.167. The summed E-state index contributed by atoms with van der Waals surface area (Å²) in [4.78, 5) is 7.88. The van der Waals surface area contributed by atoms with Crippen molar-refractivity contribution in [1.82, 2.24) is 20.3 Å². The molecule has 96 valence electrons. The van der Waals surface area contributed by atoms with Crippen LogP contribution in [0.5, 0.6) is 0 Å². The highest BCUT2D eigenvalue weighted by atomic mass is 19.1. The highest BCUT2D eigenvalue weighted by Gasteiger charge is 2.14. The number of nitrogen functional groups attached to an aromatic ring is 1. The lowest BCUT2D eigenvalue weighted by Gasteiger charge is -2.08. The molecule has 3 aromatic rings. The zero-order chi connectivity index (χ0) is 13.4. The minimum absolute atomic E-state index is 0.385. The van der Waals surface area contributed by atoms with Gasteiger partial charge in [0.25, 0.3) is 0 Å². The molecule has 0 unspecified atom stereocenters. The van der Waals surface area contributed by atoms with Crippen molar-refractivity contribution in [3.05, 3.63) is 41.1 Å². The van der Waals surface area contributed by atoms with E-state index in [1.165, 1.54) is 12.3 Å². The number of rotatable bonds is 2. The Bertz CT molecular complexity index is 738. The summed E-state index contributed by atoms with van der Waals surface area (Å²) in [6.07, 6.45) is 1.97. The molecule has 3 aromatic heterocycles. The lowest BCUT2D eigenvalue weighted by atomic mass is 10.0. The van der Waals surface area contributed by atoms with Gasteiger partial charge in [-0.1, -0.05) is 6.07 Å². The van der Waals surface area contributed by atoms with Crippen molar-refractivity contribution in [3.8, 4) is 0 Å². The molecular formula is C12H10FN5O. The maximum Gasteiger partial charge on any atom is 0.226 e. The van der Waals surface area contributed by atoms with Crippen molar-refractivity contribution in [3.63, 3.8) is 0 Å². The maximum absolute atomic E-state index is 12.8. The minimum atomic E-state index is -0.511. The summed E-state index contributed by atoms with van der Waals surface area (Å²) in [5.41, 5.74) is 9.75. The Balaban J connectivity index is 2.06. The second-order valence-corrected chi connectivity index (χ2v) is 4.19. The van der Waals surface area contributed by atoms with Crippen LogP contribution in [0.3, 0.4) is 0 Å². The van der Waals surface area contributed by atoms with E-state index < -0.39 is 5.95 Å². The highest BCUT2D eigenvalue weighted by Crippen LogP contribution is 2.25. The molecule has 6 nitrogen and oxygen atoms in total. The van der Waals surface area contributed by atoms with Crippen LogP contribution in [-0.2, 0) is 6.42 Å².